The summed E-state index contributed by atoms with van der Waals surface area (Å²) in [6.45, 7) is 3.64. The molecule has 4 atom stereocenters. The van der Waals surface area contributed by atoms with E-state index in [0.29, 0.717) is 12.8 Å². The largest absolute Gasteiger partial charge is 0.480 e. The molecule has 100 valence electrons. The number of imide groups is 1. The summed E-state index contributed by atoms with van der Waals surface area (Å²) in [7, 11) is 0. The van der Waals surface area contributed by atoms with Crippen molar-refractivity contribution in [1.82, 2.24) is 4.90 Å². The van der Waals surface area contributed by atoms with Crippen LogP contribution in [0.4, 0.5) is 0 Å². The van der Waals surface area contributed by atoms with Crippen LogP contribution in [0.5, 0.6) is 0 Å². The van der Waals surface area contributed by atoms with E-state index in [1.807, 2.05) is 6.92 Å². The zero-order valence-corrected chi connectivity index (χ0v) is 10.8. The van der Waals surface area contributed by atoms with Crippen LogP contribution in [0.15, 0.2) is 0 Å². The van der Waals surface area contributed by atoms with Crippen LogP contribution < -0.4 is 0 Å². The standard InChI is InChI=1S/C13H19NO4/c1-3-7(2)10(13(17)18)14-11(15)8-4-5-9(6-8)12(14)16/h7-10H,3-6H2,1-2H3,(H,17,18). The fraction of sp³-hybridized carbons (Fsp3) is 0.769. The summed E-state index contributed by atoms with van der Waals surface area (Å²) in [5, 5.41) is 9.31. The van der Waals surface area contributed by atoms with Gasteiger partial charge in [0.25, 0.3) is 0 Å². The van der Waals surface area contributed by atoms with Gasteiger partial charge in [-0.3, -0.25) is 14.5 Å². The van der Waals surface area contributed by atoms with Crippen molar-refractivity contribution in [3.63, 3.8) is 0 Å². The van der Waals surface area contributed by atoms with Crippen molar-refractivity contribution in [1.29, 1.82) is 0 Å². The molecule has 1 heterocycles. The maximum Gasteiger partial charge on any atom is 0.327 e. The van der Waals surface area contributed by atoms with Gasteiger partial charge in [-0.25, -0.2) is 4.79 Å². The van der Waals surface area contributed by atoms with Gasteiger partial charge in [-0.2, -0.15) is 0 Å². The maximum absolute atomic E-state index is 12.2. The minimum Gasteiger partial charge on any atom is -0.480 e. The smallest absolute Gasteiger partial charge is 0.327 e. The Labute approximate surface area is 106 Å². The van der Waals surface area contributed by atoms with Gasteiger partial charge in [-0.1, -0.05) is 20.3 Å². The molecule has 2 fully saturated rings. The summed E-state index contributed by atoms with van der Waals surface area (Å²) in [4.78, 5) is 36.8. The SMILES string of the molecule is CCC(C)C(C(=O)O)N1C(=O)C2CCC(C2)C1=O. The fourth-order valence-corrected chi connectivity index (χ4v) is 3.04. The van der Waals surface area contributed by atoms with Gasteiger partial charge in [-0.15, -0.1) is 0 Å². The Morgan fingerprint density at radius 3 is 2.22 bits per heavy atom. The highest BCUT2D eigenvalue weighted by Gasteiger charge is 2.50. The molecule has 2 aliphatic rings. The molecule has 0 aromatic heterocycles. The molecule has 2 rings (SSSR count). The van der Waals surface area contributed by atoms with E-state index in [2.05, 4.69) is 0 Å². The molecule has 1 saturated carbocycles. The lowest BCUT2D eigenvalue weighted by atomic mass is 9.90. The van der Waals surface area contributed by atoms with Crippen molar-refractivity contribution in [2.45, 2.75) is 45.6 Å². The van der Waals surface area contributed by atoms with Gasteiger partial charge in [0, 0.05) is 11.8 Å². The highest BCUT2D eigenvalue weighted by molar-refractivity contribution is 6.04. The molecule has 5 heteroatoms. The summed E-state index contributed by atoms with van der Waals surface area (Å²) in [6.07, 6.45) is 2.68. The Hall–Kier alpha value is -1.39. The first kappa shape index (κ1) is 13.1. The molecule has 4 unspecified atom stereocenters. The molecule has 1 saturated heterocycles. The summed E-state index contributed by atoms with van der Waals surface area (Å²) >= 11 is 0. The molecule has 0 aromatic carbocycles. The Morgan fingerprint density at radius 1 is 1.33 bits per heavy atom. The molecule has 18 heavy (non-hydrogen) atoms. The lowest BCUT2D eigenvalue weighted by molar-refractivity contribution is -0.166. The van der Waals surface area contributed by atoms with E-state index < -0.39 is 12.0 Å². The first-order valence-corrected chi connectivity index (χ1v) is 6.57. The van der Waals surface area contributed by atoms with Crippen molar-refractivity contribution < 1.29 is 19.5 Å². The molecule has 2 amide bonds. The number of carbonyl (C=O) groups excluding carboxylic acids is 2. The van der Waals surface area contributed by atoms with Gasteiger partial charge < -0.3 is 5.11 Å². The van der Waals surface area contributed by atoms with Crippen molar-refractivity contribution in [2.24, 2.45) is 17.8 Å². The van der Waals surface area contributed by atoms with Gasteiger partial charge >= 0.3 is 5.97 Å². The molecule has 1 aliphatic carbocycles. The zero-order valence-electron chi connectivity index (χ0n) is 10.8. The number of piperidine rings is 1. The van der Waals surface area contributed by atoms with E-state index in [1.54, 1.807) is 6.92 Å². The van der Waals surface area contributed by atoms with Crippen molar-refractivity contribution in [2.75, 3.05) is 0 Å². The van der Waals surface area contributed by atoms with Crippen LogP contribution in [0.1, 0.15) is 39.5 Å². The van der Waals surface area contributed by atoms with Gasteiger partial charge in [-0.05, 0) is 25.2 Å². The van der Waals surface area contributed by atoms with Crippen LogP contribution in [0.3, 0.4) is 0 Å². The predicted molar refractivity (Wildman–Crippen MR) is 63.6 cm³/mol. The van der Waals surface area contributed by atoms with Crippen LogP contribution in [0.2, 0.25) is 0 Å². The quantitative estimate of drug-likeness (QED) is 0.766. The number of nitrogens with zero attached hydrogens (tertiary/aromatic N) is 1. The van der Waals surface area contributed by atoms with Crippen LogP contribution in [0, 0.1) is 17.8 Å². The van der Waals surface area contributed by atoms with Crippen molar-refractivity contribution in [3.8, 4) is 0 Å². The number of likely N-dealkylation sites (tertiary alicyclic amines) is 1. The average Bonchev–Trinajstić information content (AvgIpc) is 2.77. The Bertz CT molecular complexity index is 370. The van der Waals surface area contributed by atoms with E-state index in [-0.39, 0.29) is 29.6 Å². The van der Waals surface area contributed by atoms with Gasteiger partial charge in [0.2, 0.25) is 11.8 Å². The second kappa shape index (κ2) is 4.71. The number of rotatable bonds is 4. The minimum atomic E-state index is -1.08. The maximum atomic E-state index is 12.2. The molecule has 1 aliphatic heterocycles. The number of carboxylic acids is 1. The highest BCUT2D eigenvalue weighted by Crippen LogP contribution is 2.39. The Balaban J connectivity index is 2.31. The normalized spacial score (nSPS) is 30.4. The number of fused-ring (bicyclic) bond motifs is 2. The van der Waals surface area contributed by atoms with Crippen molar-refractivity contribution in [3.05, 3.63) is 0 Å². The first-order valence-electron chi connectivity index (χ1n) is 6.57. The van der Waals surface area contributed by atoms with Crippen LogP contribution >= 0.6 is 0 Å². The van der Waals surface area contributed by atoms with Gasteiger partial charge in [0.05, 0.1) is 0 Å². The number of hydrogen-bond acceptors (Lipinski definition) is 3. The van der Waals surface area contributed by atoms with Gasteiger partial charge in [0.1, 0.15) is 6.04 Å². The van der Waals surface area contributed by atoms with Crippen molar-refractivity contribution >= 4 is 17.8 Å². The molecular formula is C13H19NO4. The molecule has 0 aromatic rings. The third-order valence-corrected chi connectivity index (χ3v) is 4.32. The molecule has 2 bridgehead atoms. The Kier molecular flexibility index (Phi) is 3.41. The van der Waals surface area contributed by atoms with E-state index in [1.165, 1.54) is 0 Å². The minimum absolute atomic E-state index is 0.140. The first-order chi connectivity index (χ1) is 8.47. The van der Waals surface area contributed by atoms with Crippen LogP contribution in [0.25, 0.3) is 0 Å². The molecule has 5 nitrogen and oxygen atoms in total. The second-order valence-electron chi connectivity index (χ2n) is 5.42. The summed E-state index contributed by atoms with van der Waals surface area (Å²) in [5.74, 6) is -2.12. The van der Waals surface area contributed by atoms with E-state index >= 15 is 0 Å². The highest BCUT2D eigenvalue weighted by atomic mass is 16.4. The van der Waals surface area contributed by atoms with Crippen LogP contribution in [-0.4, -0.2) is 33.8 Å². The summed E-state index contributed by atoms with van der Waals surface area (Å²) in [6, 6.07) is -1.00. The molecule has 1 N–H and O–H groups in total. The van der Waals surface area contributed by atoms with Gasteiger partial charge in [0.15, 0.2) is 0 Å². The molecular weight excluding hydrogens is 234 g/mol. The topological polar surface area (TPSA) is 74.7 Å². The van der Waals surface area contributed by atoms with Crippen LogP contribution in [-0.2, 0) is 14.4 Å². The summed E-state index contributed by atoms with van der Waals surface area (Å²) in [5.41, 5.74) is 0. The predicted octanol–water partition coefficient (Wildman–Crippen LogP) is 1.27. The third kappa shape index (κ3) is 1.91. The number of hydrogen-bond donors (Lipinski definition) is 1. The third-order valence-electron chi connectivity index (χ3n) is 4.32. The number of carbonyl (C=O) groups is 3. The zero-order chi connectivity index (χ0) is 13.4. The molecule has 0 radical (unpaired) electrons. The monoisotopic (exact) mass is 253 g/mol. The lowest BCUT2D eigenvalue weighted by Crippen LogP contribution is -2.56. The summed E-state index contributed by atoms with van der Waals surface area (Å²) < 4.78 is 0. The molecule has 0 spiro atoms. The Morgan fingerprint density at radius 2 is 1.83 bits per heavy atom. The van der Waals surface area contributed by atoms with E-state index in [4.69, 9.17) is 0 Å². The second-order valence-corrected chi connectivity index (χ2v) is 5.42. The average molecular weight is 253 g/mol. The number of carboxylic acid groups (broad SMARTS) is 1. The number of aliphatic carboxylic acids is 1. The fourth-order valence-electron chi connectivity index (χ4n) is 3.04. The van der Waals surface area contributed by atoms with E-state index in [0.717, 1.165) is 17.7 Å². The van der Waals surface area contributed by atoms with E-state index in [9.17, 15) is 19.5 Å². The number of amides is 2. The lowest BCUT2D eigenvalue weighted by Gasteiger charge is -2.36.